The highest BCUT2D eigenvalue weighted by molar-refractivity contribution is 5.38. The molecule has 0 spiro atoms. The molecule has 1 N–H and O–H groups in total. The van der Waals surface area contributed by atoms with Gasteiger partial charge in [0.2, 0.25) is 0 Å². The smallest absolute Gasteiger partial charge is 0.138 e. The minimum Gasteiger partial charge on any atom is -0.361 e. The van der Waals surface area contributed by atoms with E-state index in [1.54, 1.807) is 0 Å². The number of nitrogens with one attached hydrogen (secondary N) is 1. The molecule has 1 heterocycles. The molecule has 1 aromatic heterocycles. The van der Waals surface area contributed by atoms with E-state index in [1.165, 1.54) is 35.1 Å². The monoisotopic (exact) mass is 270 g/mol. The van der Waals surface area contributed by atoms with E-state index in [9.17, 15) is 0 Å². The van der Waals surface area contributed by atoms with Gasteiger partial charge in [0.15, 0.2) is 0 Å². The quantitative estimate of drug-likeness (QED) is 0.918. The summed E-state index contributed by atoms with van der Waals surface area (Å²) in [5.41, 5.74) is 6.47. The molecule has 3 nitrogen and oxygen atoms in total. The summed E-state index contributed by atoms with van der Waals surface area (Å²) in [5, 5.41) is 7.80. The van der Waals surface area contributed by atoms with Crippen LogP contribution in [-0.4, -0.2) is 5.16 Å². The molecule has 0 bridgehead atoms. The Morgan fingerprint density at radius 1 is 1.30 bits per heavy atom. The zero-order chi connectivity index (χ0) is 14.3. The maximum Gasteiger partial charge on any atom is 0.138 e. The second kappa shape index (κ2) is 5.06. The van der Waals surface area contributed by atoms with Crippen LogP contribution in [-0.2, 0) is 6.42 Å². The predicted molar refractivity (Wildman–Crippen MR) is 79.8 cm³/mol. The van der Waals surface area contributed by atoms with Crippen molar-refractivity contribution < 1.29 is 4.52 Å². The van der Waals surface area contributed by atoms with E-state index in [1.807, 2.05) is 13.8 Å². The summed E-state index contributed by atoms with van der Waals surface area (Å²) in [7, 11) is 0. The van der Waals surface area contributed by atoms with E-state index >= 15 is 0 Å². The SMILES string of the molecule is Cc1ccc2c(c1)C(NC(C)c1c(C)noc1C)CC2. The molecule has 3 rings (SSSR count). The number of hydrogen-bond donors (Lipinski definition) is 1. The molecule has 0 fully saturated rings. The zero-order valence-corrected chi connectivity index (χ0v) is 12.7. The van der Waals surface area contributed by atoms with E-state index in [0.29, 0.717) is 6.04 Å². The number of nitrogens with zero attached hydrogens (tertiary/aromatic N) is 1. The maximum absolute atomic E-state index is 5.28. The molecule has 0 saturated heterocycles. The lowest BCUT2D eigenvalue weighted by atomic mass is 10.0. The van der Waals surface area contributed by atoms with Gasteiger partial charge in [0.25, 0.3) is 0 Å². The van der Waals surface area contributed by atoms with Gasteiger partial charge in [-0.05, 0) is 51.7 Å². The Labute approximate surface area is 120 Å². The van der Waals surface area contributed by atoms with Gasteiger partial charge in [-0.2, -0.15) is 0 Å². The highest BCUT2D eigenvalue weighted by Gasteiger charge is 2.26. The summed E-state index contributed by atoms with van der Waals surface area (Å²) in [6.07, 6.45) is 2.34. The van der Waals surface area contributed by atoms with Gasteiger partial charge in [-0.3, -0.25) is 0 Å². The number of aryl methyl sites for hydroxylation is 4. The van der Waals surface area contributed by atoms with Gasteiger partial charge >= 0.3 is 0 Å². The van der Waals surface area contributed by atoms with Crippen LogP contribution in [0.1, 0.15) is 59.1 Å². The van der Waals surface area contributed by atoms with Crippen LogP contribution in [0.5, 0.6) is 0 Å². The van der Waals surface area contributed by atoms with Crippen molar-refractivity contribution in [3.63, 3.8) is 0 Å². The Kier molecular flexibility index (Phi) is 3.38. The standard InChI is InChI=1S/C17H22N2O/c1-10-5-6-14-7-8-16(15(14)9-10)18-11(2)17-12(3)19-20-13(17)4/h5-6,9,11,16,18H,7-8H2,1-4H3. The van der Waals surface area contributed by atoms with Gasteiger partial charge in [-0.15, -0.1) is 0 Å². The Balaban J connectivity index is 1.82. The van der Waals surface area contributed by atoms with Crippen molar-refractivity contribution in [1.82, 2.24) is 10.5 Å². The molecule has 20 heavy (non-hydrogen) atoms. The Morgan fingerprint density at radius 2 is 2.10 bits per heavy atom. The Hall–Kier alpha value is -1.61. The number of rotatable bonds is 3. The van der Waals surface area contributed by atoms with E-state index in [0.717, 1.165) is 11.5 Å². The average molecular weight is 270 g/mol. The first-order valence-corrected chi connectivity index (χ1v) is 7.34. The molecule has 1 aliphatic carbocycles. The van der Waals surface area contributed by atoms with Gasteiger partial charge < -0.3 is 9.84 Å². The zero-order valence-electron chi connectivity index (χ0n) is 12.7. The van der Waals surface area contributed by atoms with Crippen molar-refractivity contribution in [2.24, 2.45) is 0 Å². The number of aromatic nitrogens is 1. The fourth-order valence-corrected chi connectivity index (χ4v) is 3.39. The number of benzene rings is 1. The van der Waals surface area contributed by atoms with Gasteiger partial charge in [0.05, 0.1) is 5.69 Å². The summed E-state index contributed by atoms with van der Waals surface area (Å²) >= 11 is 0. The average Bonchev–Trinajstić information content (AvgIpc) is 2.94. The largest absolute Gasteiger partial charge is 0.361 e. The second-order valence-corrected chi connectivity index (χ2v) is 5.92. The predicted octanol–water partition coefficient (Wildman–Crippen LogP) is 3.94. The Morgan fingerprint density at radius 3 is 2.80 bits per heavy atom. The lowest BCUT2D eigenvalue weighted by Gasteiger charge is -2.20. The molecule has 2 unspecified atom stereocenters. The van der Waals surface area contributed by atoms with Crippen LogP contribution >= 0.6 is 0 Å². The van der Waals surface area contributed by atoms with E-state index in [-0.39, 0.29) is 6.04 Å². The molecule has 0 saturated carbocycles. The molecule has 106 valence electrons. The third-order valence-corrected chi connectivity index (χ3v) is 4.35. The van der Waals surface area contributed by atoms with Crippen LogP contribution in [0.25, 0.3) is 0 Å². The molecular weight excluding hydrogens is 248 g/mol. The topological polar surface area (TPSA) is 38.1 Å². The first kappa shape index (κ1) is 13.4. The van der Waals surface area contributed by atoms with Crippen LogP contribution in [0, 0.1) is 20.8 Å². The molecule has 2 atom stereocenters. The minimum atomic E-state index is 0.262. The molecule has 1 aliphatic rings. The third-order valence-electron chi connectivity index (χ3n) is 4.35. The van der Waals surface area contributed by atoms with E-state index in [2.05, 4.69) is 42.5 Å². The molecule has 0 amide bonds. The molecule has 1 aromatic carbocycles. The molecule has 0 radical (unpaired) electrons. The summed E-state index contributed by atoms with van der Waals surface area (Å²) in [6.45, 7) is 8.35. The summed E-state index contributed by atoms with van der Waals surface area (Å²) in [6, 6.07) is 7.50. The van der Waals surface area contributed by atoms with Crippen molar-refractivity contribution in [3.8, 4) is 0 Å². The van der Waals surface area contributed by atoms with Crippen LogP contribution in [0.4, 0.5) is 0 Å². The third kappa shape index (κ3) is 2.27. The lowest BCUT2D eigenvalue weighted by molar-refractivity contribution is 0.388. The van der Waals surface area contributed by atoms with Gasteiger partial charge in [0, 0.05) is 17.6 Å². The first-order chi connectivity index (χ1) is 9.56. The summed E-state index contributed by atoms with van der Waals surface area (Å²) in [4.78, 5) is 0. The first-order valence-electron chi connectivity index (χ1n) is 7.34. The molecule has 0 aliphatic heterocycles. The van der Waals surface area contributed by atoms with Gasteiger partial charge in [0.1, 0.15) is 5.76 Å². The van der Waals surface area contributed by atoms with E-state index in [4.69, 9.17) is 4.52 Å². The highest BCUT2D eigenvalue weighted by Crippen LogP contribution is 2.34. The summed E-state index contributed by atoms with van der Waals surface area (Å²) < 4.78 is 5.28. The molecule has 3 heteroatoms. The van der Waals surface area contributed by atoms with Crippen molar-refractivity contribution in [1.29, 1.82) is 0 Å². The van der Waals surface area contributed by atoms with Gasteiger partial charge in [-0.25, -0.2) is 0 Å². The van der Waals surface area contributed by atoms with Crippen LogP contribution in [0.15, 0.2) is 22.7 Å². The molecular formula is C17H22N2O. The second-order valence-electron chi connectivity index (χ2n) is 5.92. The van der Waals surface area contributed by atoms with Crippen molar-refractivity contribution >= 4 is 0 Å². The van der Waals surface area contributed by atoms with Crippen LogP contribution < -0.4 is 5.32 Å². The van der Waals surface area contributed by atoms with Crippen LogP contribution in [0.3, 0.4) is 0 Å². The van der Waals surface area contributed by atoms with Crippen LogP contribution in [0.2, 0.25) is 0 Å². The fourth-order valence-electron chi connectivity index (χ4n) is 3.39. The van der Waals surface area contributed by atoms with Crippen molar-refractivity contribution in [2.75, 3.05) is 0 Å². The normalized spacial score (nSPS) is 19.1. The highest BCUT2D eigenvalue weighted by atomic mass is 16.5. The summed E-state index contributed by atoms with van der Waals surface area (Å²) in [5.74, 6) is 0.921. The number of fused-ring (bicyclic) bond motifs is 1. The van der Waals surface area contributed by atoms with Gasteiger partial charge in [-0.1, -0.05) is 28.9 Å². The van der Waals surface area contributed by atoms with Crippen molar-refractivity contribution in [3.05, 3.63) is 51.9 Å². The lowest BCUT2D eigenvalue weighted by Crippen LogP contribution is -2.23. The maximum atomic E-state index is 5.28. The molecule has 2 aromatic rings. The minimum absolute atomic E-state index is 0.262. The number of hydrogen-bond acceptors (Lipinski definition) is 3. The Bertz CT molecular complexity index is 610. The van der Waals surface area contributed by atoms with Crippen molar-refractivity contribution in [2.45, 2.75) is 52.6 Å². The fraction of sp³-hybridized carbons (Fsp3) is 0.471. The van der Waals surface area contributed by atoms with E-state index < -0.39 is 0 Å².